The van der Waals surface area contributed by atoms with Crippen LogP contribution in [0, 0.1) is 0 Å². The maximum absolute atomic E-state index is 12.0. The Hall–Kier alpha value is -1.37. The van der Waals surface area contributed by atoms with Crippen molar-refractivity contribution in [1.29, 1.82) is 0 Å². The Morgan fingerprint density at radius 3 is 2.58 bits per heavy atom. The molecule has 0 bridgehead atoms. The van der Waals surface area contributed by atoms with Crippen molar-refractivity contribution < 1.29 is 17.9 Å². The molecular weight excluding hydrogens is 259 g/mol. The summed E-state index contributed by atoms with van der Waals surface area (Å²) in [6, 6.07) is 0. The highest BCUT2D eigenvalue weighted by atomic mass is 19.4. The molecule has 7 heteroatoms. The van der Waals surface area contributed by atoms with Crippen molar-refractivity contribution in [3.05, 3.63) is 17.7 Å². The van der Waals surface area contributed by atoms with Gasteiger partial charge in [0.2, 0.25) is 0 Å². The maximum atomic E-state index is 12.0. The van der Waals surface area contributed by atoms with E-state index in [1.807, 2.05) is 13.8 Å². The second-order valence-corrected chi connectivity index (χ2v) is 4.47. The average Bonchev–Trinajstić information content (AvgIpc) is 2.33. The van der Waals surface area contributed by atoms with Crippen molar-refractivity contribution >= 4 is 0 Å². The van der Waals surface area contributed by atoms with Crippen molar-refractivity contribution in [2.24, 2.45) is 5.73 Å². The second-order valence-electron chi connectivity index (χ2n) is 4.47. The predicted molar refractivity (Wildman–Crippen MR) is 64.8 cm³/mol. The highest BCUT2D eigenvalue weighted by molar-refractivity contribution is 5.25. The smallest absolute Gasteiger partial charge is 0.389 e. The standard InChI is InChI=1S/C12H18F3N3O/c1-8(2)11-17-7-10(9(6-16)18-11)19-5-3-4-12(13,14)15/h7-8H,3-6,16H2,1-2H3. The summed E-state index contributed by atoms with van der Waals surface area (Å²) >= 11 is 0. The summed E-state index contributed by atoms with van der Waals surface area (Å²) in [5, 5.41) is 0. The van der Waals surface area contributed by atoms with Crippen molar-refractivity contribution in [2.45, 2.75) is 45.3 Å². The zero-order valence-electron chi connectivity index (χ0n) is 11.0. The van der Waals surface area contributed by atoms with E-state index in [1.54, 1.807) is 0 Å². The first-order chi connectivity index (χ1) is 8.83. The van der Waals surface area contributed by atoms with Crippen LogP contribution in [0.15, 0.2) is 6.20 Å². The monoisotopic (exact) mass is 277 g/mol. The molecule has 1 aromatic rings. The molecule has 0 fully saturated rings. The number of rotatable bonds is 6. The third-order valence-corrected chi connectivity index (χ3v) is 2.42. The Labute approximate surface area is 110 Å². The Bertz CT molecular complexity index is 408. The van der Waals surface area contributed by atoms with Gasteiger partial charge in [-0.3, -0.25) is 0 Å². The van der Waals surface area contributed by atoms with Crippen LogP contribution in [-0.2, 0) is 6.54 Å². The first-order valence-electron chi connectivity index (χ1n) is 6.09. The van der Waals surface area contributed by atoms with E-state index in [9.17, 15) is 13.2 Å². The highest BCUT2D eigenvalue weighted by Crippen LogP contribution is 2.22. The van der Waals surface area contributed by atoms with E-state index in [4.69, 9.17) is 10.5 Å². The van der Waals surface area contributed by atoms with Gasteiger partial charge < -0.3 is 10.5 Å². The van der Waals surface area contributed by atoms with E-state index in [-0.39, 0.29) is 25.5 Å². The molecule has 0 amide bonds. The summed E-state index contributed by atoms with van der Waals surface area (Å²) in [7, 11) is 0. The summed E-state index contributed by atoms with van der Waals surface area (Å²) in [4.78, 5) is 8.34. The number of halogens is 3. The molecule has 0 saturated heterocycles. The minimum atomic E-state index is -4.15. The van der Waals surface area contributed by atoms with Crippen molar-refractivity contribution in [3.8, 4) is 5.75 Å². The van der Waals surface area contributed by atoms with Crippen LogP contribution in [0.2, 0.25) is 0 Å². The van der Waals surface area contributed by atoms with E-state index in [2.05, 4.69) is 9.97 Å². The Morgan fingerprint density at radius 2 is 2.05 bits per heavy atom. The first kappa shape index (κ1) is 15.7. The fraction of sp³-hybridized carbons (Fsp3) is 0.667. The second kappa shape index (κ2) is 6.70. The average molecular weight is 277 g/mol. The van der Waals surface area contributed by atoms with Crippen LogP contribution < -0.4 is 10.5 Å². The SMILES string of the molecule is CC(C)c1ncc(OCCCC(F)(F)F)c(CN)n1. The normalized spacial score (nSPS) is 11.9. The molecule has 2 N–H and O–H groups in total. The van der Waals surface area contributed by atoms with Gasteiger partial charge in [-0.25, -0.2) is 9.97 Å². The largest absolute Gasteiger partial charge is 0.490 e. The molecular formula is C12H18F3N3O. The zero-order valence-corrected chi connectivity index (χ0v) is 11.0. The maximum Gasteiger partial charge on any atom is 0.389 e. The van der Waals surface area contributed by atoms with Crippen molar-refractivity contribution in [1.82, 2.24) is 9.97 Å². The third-order valence-electron chi connectivity index (χ3n) is 2.42. The molecule has 19 heavy (non-hydrogen) atoms. The highest BCUT2D eigenvalue weighted by Gasteiger charge is 2.26. The molecule has 0 aliphatic heterocycles. The number of aromatic nitrogens is 2. The number of nitrogens with two attached hydrogens (primary N) is 1. The molecule has 0 spiro atoms. The number of hydrogen-bond donors (Lipinski definition) is 1. The topological polar surface area (TPSA) is 61.0 Å². The summed E-state index contributed by atoms with van der Waals surface area (Å²) in [5.74, 6) is 1.15. The van der Waals surface area contributed by atoms with Gasteiger partial charge in [-0.05, 0) is 6.42 Å². The lowest BCUT2D eigenvalue weighted by molar-refractivity contribution is -0.136. The van der Waals surface area contributed by atoms with Gasteiger partial charge in [-0.15, -0.1) is 0 Å². The third kappa shape index (κ3) is 5.42. The summed E-state index contributed by atoms with van der Waals surface area (Å²) in [6.07, 6.45) is -3.65. The summed E-state index contributed by atoms with van der Waals surface area (Å²) in [5.41, 5.74) is 6.06. The van der Waals surface area contributed by atoms with Gasteiger partial charge in [0.05, 0.1) is 18.5 Å². The van der Waals surface area contributed by atoms with Crippen LogP contribution in [0.5, 0.6) is 5.75 Å². The lowest BCUT2D eigenvalue weighted by Crippen LogP contribution is -2.12. The molecule has 0 aromatic carbocycles. The Kier molecular flexibility index (Phi) is 5.53. The van der Waals surface area contributed by atoms with Gasteiger partial charge in [0.15, 0.2) is 5.75 Å². The van der Waals surface area contributed by atoms with Gasteiger partial charge in [-0.1, -0.05) is 13.8 Å². The summed E-state index contributed by atoms with van der Waals surface area (Å²) < 4.78 is 41.2. The van der Waals surface area contributed by atoms with Crippen LogP contribution in [-0.4, -0.2) is 22.8 Å². The molecule has 0 aliphatic carbocycles. The minimum absolute atomic E-state index is 0.0309. The fourth-order valence-corrected chi connectivity index (χ4v) is 1.42. The van der Waals surface area contributed by atoms with Crippen molar-refractivity contribution in [3.63, 3.8) is 0 Å². The van der Waals surface area contributed by atoms with E-state index in [1.165, 1.54) is 6.20 Å². The van der Waals surface area contributed by atoms with Crippen LogP contribution in [0.4, 0.5) is 13.2 Å². The van der Waals surface area contributed by atoms with Gasteiger partial charge in [-0.2, -0.15) is 13.2 Å². The van der Waals surface area contributed by atoms with Crippen LogP contribution >= 0.6 is 0 Å². The lowest BCUT2D eigenvalue weighted by Gasteiger charge is -2.12. The van der Waals surface area contributed by atoms with Crippen LogP contribution in [0.1, 0.15) is 44.1 Å². The molecule has 1 aromatic heterocycles. The van der Waals surface area contributed by atoms with Gasteiger partial charge >= 0.3 is 6.18 Å². The van der Waals surface area contributed by atoms with E-state index < -0.39 is 12.6 Å². The molecule has 0 atom stereocenters. The first-order valence-corrected chi connectivity index (χ1v) is 6.09. The number of nitrogens with zero attached hydrogens (tertiary/aromatic N) is 2. The molecule has 4 nitrogen and oxygen atoms in total. The number of alkyl halides is 3. The summed E-state index contributed by atoms with van der Waals surface area (Å²) in [6.45, 7) is 4.02. The predicted octanol–water partition coefficient (Wildman–Crippen LogP) is 2.78. The Balaban J connectivity index is 2.58. The fourth-order valence-electron chi connectivity index (χ4n) is 1.42. The van der Waals surface area contributed by atoms with E-state index in [0.29, 0.717) is 17.3 Å². The molecule has 0 radical (unpaired) electrons. The zero-order chi connectivity index (χ0) is 14.5. The Morgan fingerprint density at radius 1 is 1.37 bits per heavy atom. The van der Waals surface area contributed by atoms with E-state index in [0.717, 1.165) is 0 Å². The molecule has 1 rings (SSSR count). The molecule has 0 unspecified atom stereocenters. The minimum Gasteiger partial charge on any atom is -0.490 e. The quantitative estimate of drug-likeness (QED) is 0.812. The lowest BCUT2D eigenvalue weighted by atomic mass is 10.2. The number of ether oxygens (including phenoxy) is 1. The molecule has 108 valence electrons. The van der Waals surface area contributed by atoms with Crippen LogP contribution in [0.3, 0.4) is 0 Å². The number of hydrogen-bond acceptors (Lipinski definition) is 4. The molecule has 0 aliphatic rings. The van der Waals surface area contributed by atoms with Crippen LogP contribution in [0.25, 0.3) is 0 Å². The van der Waals surface area contributed by atoms with Gasteiger partial charge in [0, 0.05) is 18.9 Å². The van der Waals surface area contributed by atoms with Gasteiger partial charge in [0.25, 0.3) is 0 Å². The van der Waals surface area contributed by atoms with Gasteiger partial charge in [0.1, 0.15) is 5.82 Å². The van der Waals surface area contributed by atoms with Crippen molar-refractivity contribution in [2.75, 3.05) is 6.61 Å². The molecule has 0 saturated carbocycles. The van der Waals surface area contributed by atoms with E-state index >= 15 is 0 Å². The molecule has 1 heterocycles.